The number of aryl methyl sites for hydroxylation is 1. The number of nitrogens with zero attached hydrogens (tertiary/aromatic N) is 1. The Kier molecular flexibility index (Phi) is 1.95. The highest BCUT2D eigenvalue weighted by molar-refractivity contribution is 5.89. The first-order valence-corrected chi connectivity index (χ1v) is 5.23. The Morgan fingerprint density at radius 1 is 1.35 bits per heavy atom. The molecule has 0 radical (unpaired) electrons. The predicted octanol–water partition coefficient (Wildman–Crippen LogP) is 2.59. The number of hydrogen-bond acceptors (Lipinski definition) is 2. The SMILES string of the molecule is Cc1c[nH]c2c(F)cc(-c3cn[nH]c3N)cc12. The van der Waals surface area contributed by atoms with Crippen LogP contribution in [0.5, 0.6) is 0 Å². The molecule has 0 spiro atoms. The van der Waals surface area contributed by atoms with E-state index in [9.17, 15) is 4.39 Å². The number of nitrogens with one attached hydrogen (secondary N) is 2. The van der Waals surface area contributed by atoms with Crippen molar-refractivity contribution < 1.29 is 4.39 Å². The largest absolute Gasteiger partial charge is 0.384 e. The van der Waals surface area contributed by atoms with Gasteiger partial charge >= 0.3 is 0 Å². The highest BCUT2D eigenvalue weighted by Gasteiger charge is 2.11. The van der Waals surface area contributed by atoms with Crippen LogP contribution in [0.25, 0.3) is 22.0 Å². The summed E-state index contributed by atoms with van der Waals surface area (Å²) in [6.45, 7) is 1.93. The highest BCUT2D eigenvalue weighted by Crippen LogP contribution is 2.30. The van der Waals surface area contributed by atoms with Crippen molar-refractivity contribution in [1.82, 2.24) is 15.2 Å². The zero-order valence-corrected chi connectivity index (χ0v) is 9.21. The van der Waals surface area contributed by atoms with Crippen molar-refractivity contribution in [2.75, 3.05) is 5.73 Å². The van der Waals surface area contributed by atoms with Gasteiger partial charge in [0.1, 0.15) is 11.6 Å². The van der Waals surface area contributed by atoms with Gasteiger partial charge in [-0.1, -0.05) is 0 Å². The number of rotatable bonds is 1. The zero-order chi connectivity index (χ0) is 12.0. The number of aromatic amines is 2. The van der Waals surface area contributed by atoms with Gasteiger partial charge in [0.15, 0.2) is 0 Å². The van der Waals surface area contributed by atoms with Gasteiger partial charge in [0.2, 0.25) is 0 Å². The molecule has 0 amide bonds. The van der Waals surface area contributed by atoms with Crippen LogP contribution >= 0.6 is 0 Å². The molecule has 3 rings (SSSR count). The number of nitrogen functional groups attached to an aromatic ring is 1. The predicted molar refractivity (Wildman–Crippen MR) is 65.0 cm³/mol. The van der Waals surface area contributed by atoms with E-state index in [0.29, 0.717) is 16.9 Å². The van der Waals surface area contributed by atoms with Crippen molar-refractivity contribution in [2.24, 2.45) is 0 Å². The molecular weight excluding hydrogens is 219 g/mol. The zero-order valence-electron chi connectivity index (χ0n) is 9.21. The minimum Gasteiger partial charge on any atom is -0.384 e. The summed E-state index contributed by atoms with van der Waals surface area (Å²) >= 11 is 0. The maximum atomic E-state index is 13.9. The molecule has 0 atom stereocenters. The first kappa shape index (κ1) is 9.89. The Morgan fingerprint density at radius 3 is 2.88 bits per heavy atom. The van der Waals surface area contributed by atoms with Gasteiger partial charge in [0, 0.05) is 17.1 Å². The van der Waals surface area contributed by atoms with Crippen molar-refractivity contribution in [3.05, 3.63) is 35.9 Å². The first-order valence-electron chi connectivity index (χ1n) is 5.23. The fourth-order valence-corrected chi connectivity index (χ4v) is 2.00. The van der Waals surface area contributed by atoms with Crippen molar-refractivity contribution in [3.8, 4) is 11.1 Å². The Morgan fingerprint density at radius 2 is 2.18 bits per heavy atom. The summed E-state index contributed by atoms with van der Waals surface area (Å²) in [7, 11) is 0. The van der Waals surface area contributed by atoms with Crippen LogP contribution in [-0.4, -0.2) is 15.2 Å². The lowest BCUT2D eigenvalue weighted by Gasteiger charge is -2.02. The van der Waals surface area contributed by atoms with Crippen molar-refractivity contribution >= 4 is 16.7 Å². The topological polar surface area (TPSA) is 70.5 Å². The van der Waals surface area contributed by atoms with Gasteiger partial charge in [-0.3, -0.25) is 5.10 Å². The molecule has 0 aliphatic heterocycles. The van der Waals surface area contributed by atoms with Gasteiger partial charge in [-0.15, -0.1) is 0 Å². The van der Waals surface area contributed by atoms with Crippen LogP contribution in [0.15, 0.2) is 24.5 Å². The van der Waals surface area contributed by atoms with Crippen molar-refractivity contribution in [2.45, 2.75) is 6.92 Å². The van der Waals surface area contributed by atoms with Crippen LogP contribution in [-0.2, 0) is 0 Å². The summed E-state index contributed by atoms with van der Waals surface area (Å²) in [5, 5.41) is 7.34. The summed E-state index contributed by atoms with van der Waals surface area (Å²) in [6.07, 6.45) is 3.38. The number of hydrogen-bond donors (Lipinski definition) is 3. The van der Waals surface area contributed by atoms with E-state index in [-0.39, 0.29) is 5.82 Å². The maximum absolute atomic E-state index is 13.9. The van der Waals surface area contributed by atoms with E-state index in [1.807, 2.05) is 13.0 Å². The van der Waals surface area contributed by atoms with Crippen molar-refractivity contribution in [3.63, 3.8) is 0 Å². The second kappa shape index (κ2) is 3.35. The van der Waals surface area contributed by atoms with Crippen LogP contribution in [0.4, 0.5) is 10.2 Å². The van der Waals surface area contributed by atoms with Crippen molar-refractivity contribution in [1.29, 1.82) is 0 Å². The normalized spacial score (nSPS) is 11.2. The van der Waals surface area contributed by atoms with Gasteiger partial charge in [-0.2, -0.15) is 5.10 Å². The standard InChI is InChI=1S/C12H11FN4/c1-6-4-15-11-8(6)2-7(3-10(11)13)9-5-16-17-12(9)14/h2-5,15H,1H3,(H3,14,16,17). The summed E-state index contributed by atoms with van der Waals surface area (Å²) in [4.78, 5) is 2.91. The average molecular weight is 230 g/mol. The lowest BCUT2D eigenvalue weighted by atomic mass is 10.0. The van der Waals surface area contributed by atoms with Crippen LogP contribution in [0, 0.1) is 12.7 Å². The number of fused-ring (bicyclic) bond motifs is 1. The van der Waals surface area contributed by atoms with E-state index in [0.717, 1.165) is 16.5 Å². The summed E-state index contributed by atoms with van der Waals surface area (Å²) in [6, 6.07) is 3.37. The van der Waals surface area contributed by atoms with E-state index in [1.165, 1.54) is 6.07 Å². The molecule has 5 heteroatoms. The van der Waals surface area contributed by atoms with E-state index >= 15 is 0 Å². The Labute approximate surface area is 96.6 Å². The van der Waals surface area contributed by atoms with Gasteiger partial charge in [0.25, 0.3) is 0 Å². The minimum atomic E-state index is -0.286. The van der Waals surface area contributed by atoms with Crippen LogP contribution < -0.4 is 5.73 Å². The molecule has 17 heavy (non-hydrogen) atoms. The molecule has 0 aliphatic rings. The molecule has 4 N–H and O–H groups in total. The summed E-state index contributed by atoms with van der Waals surface area (Å²) in [5.74, 6) is 0.156. The third kappa shape index (κ3) is 1.39. The van der Waals surface area contributed by atoms with E-state index < -0.39 is 0 Å². The van der Waals surface area contributed by atoms with Crippen LogP contribution in [0.3, 0.4) is 0 Å². The molecule has 2 aromatic heterocycles. The summed E-state index contributed by atoms with van der Waals surface area (Å²) in [5.41, 5.74) is 8.70. The quantitative estimate of drug-likeness (QED) is 0.601. The molecule has 0 saturated heterocycles. The molecule has 2 heterocycles. The lowest BCUT2D eigenvalue weighted by molar-refractivity contribution is 0.638. The molecular formula is C12H11FN4. The van der Waals surface area contributed by atoms with Gasteiger partial charge in [-0.25, -0.2) is 4.39 Å². The fourth-order valence-electron chi connectivity index (χ4n) is 2.00. The number of anilines is 1. The van der Waals surface area contributed by atoms with Crippen LogP contribution in [0.1, 0.15) is 5.56 Å². The number of benzene rings is 1. The molecule has 1 aromatic carbocycles. The smallest absolute Gasteiger partial charge is 0.147 e. The third-order valence-electron chi connectivity index (χ3n) is 2.93. The maximum Gasteiger partial charge on any atom is 0.147 e. The third-order valence-corrected chi connectivity index (χ3v) is 2.93. The van der Waals surface area contributed by atoms with Gasteiger partial charge in [-0.05, 0) is 30.2 Å². The monoisotopic (exact) mass is 230 g/mol. The molecule has 4 nitrogen and oxygen atoms in total. The van der Waals surface area contributed by atoms with E-state index in [4.69, 9.17) is 5.73 Å². The molecule has 0 fully saturated rings. The molecule has 0 saturated carbocycles. The van der Waals surface area contributed by atoms with Gasteiger partial charge in [0.05, 0.1) is 11.7 Å². The first-order chi connectivity index (χ1) is 8.16. The highest BCUT2D eigenvalue weighted by atomic mass is 19.1. The summed E-state index contributed by atoms with van der Waals surface area (Å²) < 4.78 is 13.9. The Bertz CT molecular complexity index is 696. The average Bonchev–Trinajstić information content (AvgIpc) is 2.86. The molecule has 0 bridgehead atoms. The number of aromatic nitrogens is 3. The second-order valence-corrected chi connectivity index (χ2v) is 4.05. The van der Waals surface area contributed by atoms with E-state index in [2.05, 4.69) is 15.2 Å². The second-order valence-electron chi connectivity index (χ2n) is 4.05. The number of halogens is 1. The molecule has 86 valence electrons. The number of H-pyrrole nitrogens is 2. The Hall–Kier alpha value is -2.30. The minimum absolute atomic E-state index is 0.286. The number of nitrogens with two attached hydrogens (primary N) is 1. The van der Waals surface area contributed by atoms with E-state index in [1.54, 1.807) is 12.4 Å². The van der Waals surface area contributed by atoms with Crippen LogP contribution in [0.2, 0.25) is 0 Å². The fraction of sp³-hybridized carbons (Fsp3) is 0.0833. The molecule has 0 unspecified atom stereocenters. The molecule has 0 aliphatic carbocycles. The molecule has 3 aromatic rings. The van der Waals surface area contributed by atoms with Gasteiger partial charge < -0.3 is 10.7 Å². The lowest BCUT2D eigenvalue weighted by Crippen LogP contribution is -1.89. The Balaban J connectivity index is 2.32.